The number of amides is 1. The Morgan fingerprint density at radius 1 is 1.17 bits per heavy atom. The number of benzene rings is 1. The van der Waals surface area contributed by atoms with E-state index in [2.05, 4.69) is 27.2 Å². The molecule has 2 aromatic heterocycles. The highest BCUT2D eigenvalue weighted by atomic mass is 32.1. The Labute approximate surface area is 174 Å². The molecular formula is C21H25N5O2S. The average molecular weight is 412 g/mol. The molecule has 0 atom stereocenters. The second kappa shape index (κ2) is 8.57. The van der Waals surface area contributed by atoms with Crippen LogP contribution in [0.5, 0.6) is 0 Å². The van der Waals surface area contributed by atoms with Gasteiger partial charge in [0.15, 0.2) is 0 Å². The van der Waals surface area contributed by atoms with Crippen molar-refractivity contribution in [1.82, 2.24) is 19.9 Å². The standard InChI is InChI=1S/C21H25N5O2S/c1-5-18-23-12-17(29-18)16-10-11-22-19(25-16)24-15-8-6-14(7-9-15)13-26(20(27)28)21(2,3)4/h6-12H,5,13H2,1-4H3,(H,27,28)(H,22,24,25). The Bertz CT molecular complexity index is 979. The molecule has 3 rings (SSSR count). The first-order chi connectivity index (χ1) is 13.8. The van der Waals surface area contributed by atoms with E-state index in [0.717, 1.165) is 33.3 Å². The highest BCUT2D eigenvalue weighted by molar-refractivity contribution is 7.15. The second-order valence-corrected chi connectivity index (χ2v) is 8.71. The maximum atomic E-state index is 11.5. The lowest BCUT2D eigenvalue weighted by molar-refractivity contribution is 0.0955. The van der Waals surface area contributed by atoms with E-state index in [9.17, 15) is 9.90 Å². The Hall–Kier alpha value is -3.00. The summed E-state index contributed by atoms with van der Waals surface area (Å²) in [7, 11) is 0. The van der Waals surface area contributed by atoms with Gasteiger partial charge in [-0.25, -0.2) is 19.7 Å². The van der Waals surface area contributed by atoms with E-state index in [4.69, 9.17) is 0 Å². The fraction of sp³-hybridized carbons (Fsp3) is 0.333. The van der Waals surface area contributed by atoms with Gasteiger partial charge in [0.1, 0.15) is 0 Å². The van der Waals surface area contributed by atoms with E-state index in [1.807, 2.05) is 57.3 Å². The van der Waals surface area contributed by atoms with Crippen LogP contribution in [0.1, 0.15) is 38.3 Å². The lowest BCUT2D eigenvalue weighted by Crippen LogP contribution is -2.44. The van der Waals surface area contributed by atoms with Crippen LogP contribution in [0, 0.1) is 0 Å². The fourth-order valence-corrected chi connectivity index (χ4v) is 3.57. The number of anilines is 2. The molecular weight excluding hydrogens is 386 g/mol. The lowest BCUT2D eigenvalue weighted by atomic mass is 10.1. The molecule has 0 bridgehead atoms. The summed E-state index contributed by atoms with van der Waals surface area (Å²) in [6.07, 6.45) is 3.53. The molecule has 0 saturated heterocycles. The zero-order chi connectivity index (χ0) is 21.0. The number of rotatable bonds is 6. The second-order valence-electron chi connectivity index (χ2n) is 7.60. The van der Waals surface area contributed by atoms with E-state index < -0.39 is 11.6 Å². The number of aryl methyl sites for hydroxylation is 1. The number of thiazole rings is 1. The van der Waals surface area contributed by atoms with Crippen LogP contribution >= 0.6 is 11.3 Å². The van der Waals surface area contributed by atoms with Crippen molar-refractivity contribution in [1.29, 1.82) is 0 Å². The quantitative estimate of drug-likeness (QED) is 0.580. The Morgan fingerprint density at radius 2 is 1.90 bits per heavy atom. The monoisotopic (exact) mass is 411 g/mol. The molecule has 0 spiro atoms. The van der Waals surface area contributed by atoms with E-state index in [1.54, 1.807) is 17.5 Å². The predicted octanol–water partition coefficient (Wildman–Crippen LogP) is 5.18. The van der Waals surface area contributed by atoms with Crippen molar-refractivity contribution in [3.05, 3.63) is 53.3 Å². The topological polar surface area (TPSA) is 91.2 Å². The molecule has 29 heavy (non-hydrogen) atoms. The van der Waals surface area contributed by atoms with Crippen LogP contribution in [-0.4, -0.2) is 36.6 Å². The average Bonchev–Trinajstić information content (AvgIpc) is 3.16. The Balaban J connectivity index is 1.71. The van der Waals surface area contributed by atoms with Gasteiger partial charge in [-0.15, -0.1) is 11.3 Å². The van der Waals surface area contributed by atoms with Gasteiger partial charge in [-0.2, -0.15) is 0 Å². The highest BCUT2D eigenvalue weighted by Crippen LogP contribution is 2.26. The van der Waals surface area contributed by atoms with Crippen molar-refractivity contribution >= 4 is 29.1 Å². The lowest BCUT2D eigenvalue weighted by Gasteiger charge is -2.33. The maximum Gasteiger partial charge on any atom is 0.408 e. The largest absolute Gasteiger partial charge is 0.465 e. The first-order valence-electron chi connectivity index (χ1n) is 9.41. The number of nitrogens with one attached hydrogen (secondary N) is 1. The van der Waals surface area contributed by atoms with Crippen LogP contribution in [0.4, 0.5) is 16.4 Å². The molecule has 7 nitrogen and oxygen atoms in total. The summed E-state index contributed by atoms with van der Waals surface area (Å²) in [6, 6.07) is 9.48. The fourth-order valence-electron chi connectivity index (χ4n) is 2.75. The van der Waals surface area contributed by atoms with Crippen LogP contribution < -0.4 is 5.32 Å². The third-order valence-corrected chi connectivity index (χ3v) is 5.52. The summed E-state index contributed by atoms with van der Waals surface area (Å²) in [4.78, 5) is 27.2. The molecule has 0 fully saturated rings. The number of carbonyl (C=O) groups is 1. The molecule has 3 aromatic rings. The van der Waals surface area contributed by atoms with Gasteiger partial charge in [-0.05, 0) is 51.0 Å². The normalized spacial score (nSPS) is 11.3. The van der Waals surface area contributed by atoms with Gasteiger partial charge < -0.3 is 10.4 Å². The number of aromatic nitrogens is 3. The summed E-state index contributed by atoms with van der Waals surface area (Å²) in [5, 5.41) is 13.7. The third kappa shape index (κ3) is 5.29. The zero-order valence-electron chi connectivity index (χ0n) is 17.0. The Kier molecular flexibility index (Phi) is 6.12. The molecule has 2 heterocycles. The zero-order valence-corrected chi connectivity index (χ0v) is 17.8. The SMILES string of the molecule is CCc1ncc(-c2ccnc(Nc3ccc(CN(C(=O)O)C(C)(C)C)cc3)n2)s1. The first kappa shape index (κ1) is 20.7. The van der Waals surface area contributed by atoms with Crippen molar-refractivity contribution < 1.29 is 9.90 Å². The van der Waals surface area contributed by atoms with Crippen molar-refractivity contribution in [2.24, 2.45) is 0 Å². The number of nitrogens with zero attached hydrogens (tertiary/aromatic N) is 4. The van der Waals surface area contributed by atoms with Crippen LogP contribution in [0.3, 0.4) is 0 Å². The summed E-state index contributed by atoms with van der Waals surface area (Å²) in [6.45, 7) is 8.06. The minimum Gasteiger partial charge on any atom is -0.465 e. The molecule has 0 aliphatic heterocycles. The van der Waals surface area contributed by atoms with Crippen molar-refractivity contribution in [2.75, 3.05) is 5.32 Å². The van der Waals surface area contributed by atoms with Crippen molar-refractivity contribution in [3.63, 3.8) is 0 Å². The van der Waals surface area contributed by atoms with E-state index in [1.165, 1.54) is 4.90 Å². The molecule has 0 aliphatic rings. The molecule has 0 radical (unpaired) electrons. The smallest absolute Gasteiger partial charge is 0.408 e. The van der Waals surface area contributed by atoms with Gasteiger partial charge in [0.2, 0.25) is 5.95 Å². The molecule has 0 saturated carbocycles. The summed E-state index contributed by atoms with van der Waals surface area (Å²) in [5.74, 6) is 0.503. The summed E-state index contributed by atoms with van der Waals surface area (Å²) < 4.78 is 0. The van der Waals surface area contributed by atoms with Crippen LogP contribution in [0.25, 0.3) is 10.6 Å². The molecule has 0 unspecified atom stereocenters. The van der Waals surface area contributed by atoms with Gasteiger partial charge in [-0.3, -0.25) is 4.90 Å². The van der Waals surface area contributed by atoms with Gasteiger partial charge in [-0.1, -0.05) is 19.1 Å². The van der Waals surface area contributed by atoms with Gasteiger partial charge in [0, 0.05) is 30.2 Å². The molecule has 8 heteroatoms. The predicted molar refractivity (Wildman–Crippen MR) is 116 cm³/mol. The van der Waals surface area contributed by atoms with Crippen molar-refractivity contribution in [2.45, 2.75) is 46.2 Å². The van der Waals surface area contributed by atoms with Crippen LogP contribution in [-0.2, 0) is 13.0 Å². The highest BCUT2D eigenvalue weighted by Gasteiger charge is 2.25. The summed E-state index contributed by atoms with van der Waals surface area (Å²) >= 11 is 1.63. The van der Waals surface area contributed by atoms with E-state index in [-0.39, 0.29) is 0 Å². The van der Waals surface area contributed by atoms with E-state index >= 15 is 0 Å². The minimum atomic E-state index is -0.931. The molecule has 0 aliphatic carbocycles. The number of hydrogen-bond donors (Lipinski definition) is 2. The van der Waals surface area contributed by atoms with Crippen LogP contribution in [0.15, 0.2) is 42.7 Å². The Morgan fingerprint density at radius 3 is 2.48 bits per heavy atom. The van der Waals surface area contributed by atoms with Gasteiger partial charge >= 0.3 is 6.09 Å². The molecule has 152 valence electrons. The molecule has 1 amide bonds. The minimum absolute atomic E-state index is 0.330. The van der Waals surface area contributed by atoms with Crippen LogP contribution in [0.2, 0.25) is 0 Å². The first-order valence-corrected chi connectivity index (χ1v) is 10.2. The summed E-state index contributed by atoms with van der Waals surface area (Å²) in [5.41, 5.74) is 2.12. The maximum absolute atomic E-state index is 11.5. The van der Waals surface area contributed by atoms with Gasteiger partial charge in [0.25, 0.3) is 0 Å². The molecule has 2 N–H and O–H groups in total. The van der Waals surface area contributed by atoms with Gasteiger partial charge in [0.05, 0.1) is 15.6 Å². The third-order valence-electron chi connectivity index (χ3n) is 4.36. The van der Waals surface area contributed by atoms with Crippen molar-refractivity contribution in [3.8, 4) is 10.6 Å². The number of hydrogen-bond acceptors (Lipinski definition) is 6. The number of carboxylic acid groups (broad SMARTS) is 1. The molecule has 1 aromatic carbocycles. The van der Waals surface area contributed by atoms with E-state index in [0.29, 0.717) is 12.5 Å².